The Morgan fingerprint density at radius 3 is 2.92 bits per heavy atom. The van der Waals surface area contributed by atoms with E-state index >= 15 is 0 Å². The topological polar surface area (TPSA) is 67.6 Å². The number of nitrogens with one attached hydrogen (secondary N) is 1. The van der Waals surface area contributed by atoms with Gasteiger partial charge in [0.15, 0.2) is 0 Å². The van der Waals surface area contributed by atoms with Crippen LogP contribution in [0.15, 0.2) is 42.5 Å². The van der Waals surface area contributed by atoms with Crippen molar-refractivity contribution in [3.05, 3.63) is 48.3 Å². The summed E-state index contributed by atoms with van der Waals surface area (Å²) < 4.78 is 19.0. The fourth-order valence-electron chi connectivity index (χ4n) is 3.07. The zero-order valence-corrected chi connectivity index (χ0v) is 14.2. The predicted molar refractivity (Wildman–Crippen MR) is 96.8 cm³/mol. The lowest BCUT2D eigenvalue weighted by molar-refractivity contribution is 0.142. The second-order valence-electron chi connectivity index (χ2n) is 6.46. The van der Waals surface area contributed by atoms with Crippen LogP contribution < -0.4 is 11.1 Å². The lowest BCUT2D eigenvalue weighted by atomic mass is 10.0. The molecule has 0 aliphatic carbocycles. The van der Waals surface area contributed by atoms with Gasteiger partial charge >= 0.3 is 6.09 Å². The summed E-state index contributed by atoms with van der Waals surface area (Å²) in [4.78, 5) is 14.3. The van der Waals surface area contributed by atoms with Crippen LogP contribution in [0.2, 0.25) is 0 Å². The van der Waals surface area contributed by atoms with E-state index in [1.807, 2.05) is 6.07 Å². The van der Waals surface area contributed by atoms with Gasteiger partial charge in [0.25, 0.3) is 0 Å². The molecule has 0 bridgehead atoms. The molecule has 5 nitrogen and oxygen atoms in total. The quantitative estimate of drug-likeness (QED) is 0.833. The Morgan fingerprint density at radius 1 is 1.36 bits per heavy atom. The molecule has 1 fully saturated rings. The number of nitrogen functional groups attached to an aromatic ring is 1. The van der Waals surface area contributed by atoms with E-state index in [0.717, 1.165) is 25.1 Å². The van der Waals surface area contributed by atoms with Gasteiger partial charge in [-0.2, -0.15) is 0 Å². The molecule has 132 valence electrons. The lowest BCUT2D eigenvalue weighted by Crippen LogP contribution is -2.21. The molecule has 3 N–H and O–H groups in total. The van der Waals surface area contributed by atoms with Crippen LogP contribution in [-0.2, 0) is 4.74 Å². The van der Waals surface area contributed by atoms with Crippen LogP contribution >= 0.6 is 0 Å². The number of hydrogen-bond acceptors (Lipinski definition) is 4. The molecule has 0 saturated carbocycles. The van der Waals surface area contributed by atoms with Gasteiger partial charge < -0.3 is 15.4 Å². The van der Waals surface area contributed by atoms with Gasteiger partial charge in [-0.3, -0.25) is 5.32 Å². The minimum atomic E-state index is -0.536. The number of nitrogens with two attached hydrogens (primary N) is 1. The van der Waals surface area contributed by atoms with Crippen molar-refractivity contribution in [2.75, 3.05) is 37.8 Å². The van der Waals surface area contributed by atoms with E-state index in [2.05, 4.69) is 17.3 Å². The predicted octanol–water partition coefficient (Wildman–Crippen LogP) is 3.58. The lowest BCUT2D eigenvalue weighted by Gasteiger charge is -2.14. The molecule has 0 spiro atoms. The van der Waals surface area contributed by atoms with E-state index in [1.165, 1.54) is 18.2 Å². The number of anilines is 2. The van der Waals surface area contributed by atoms with Gasteiger partial charge in [0, 0.05) is 23.7 Å². The fourth-order valence-corrected chi connectivity index (χ4v) is 3.07. The summed E-state index contributed by atoms with van der Waals surface area (Å²) in [5.74, 6) is -0.0253. The molecule has 1 amide bonds. The molecule has 1 atom stereocenters. The SMILES string of the molecule is CN1CC[C@@H](COC(=O)Nc2ccc(F)cc2-c2cccc(N)c2)C1. The maximum Gasteiger partial charge on any atom is 0.411 e. The third-order valence-corrected chi connectivity index (χ3v) is 4.36. The highest BCUT2D eigenvalue weighted by atomic mass is 19.1. The number of carbonyl (C=O) groups excluding carboxylic acids is 1. The zero-order chi connectivity index (χ0) is 17.8. The van der Waals surface area contributed by atoms with Crippen molar-refractivity contribution >= 4 is 17.5 Å². The second kappa shape index (κ2) is 7.53. The Bertz CT molecular complexity index is 766. The molecule has 0 radical (unpaired) electrons. The molecular weight excluding hydrogens is 321 g/mol. The summed E-state index contributed by atoms with van der Waals surface area (Å²) in [6.07, 6.45) is 0.487. The Balaban J connectivity index is 1.70. The van der Waals surface area contributed by atoms with Crippen molar-refractivity contribution in [3.8, 4) is 11.1 Å². The van der Waals surface area contributed by atoms with Gasteiger partial charge in [0.05, 0.1) is 12.3 Å². The Morgan fingerprint density at radius 2 is 2.20 bits per heavy atom. The van der Waals surface area contributed by atoms with Gasteiger partial charge in [0.1, 0.15) is 5.82 Å². The molecule has 2 aromatic rings. The number of benzene rings is 2. The fraction of sp³-hybridized carbons (Fsp3) is 0.316. The summed E-state index contributed by atoms with van der Waals surface area (Å²) in [5.41, 5.74) is 8.15. The molecular formula is C19H22FN3O2. The summed E-state index contributed by atoms with van der Waals surface area (Å²) in [5, 5.41) is 2.71. The summed E-state index contributed by atoms with van der Waals surface area (Å²) in [7, 11) is 2.05. The number of nitrogens with zero attached hydrogens (tertiary/aromatic N) is 1. The Labute approximate surface area is 146 Å². The number of hydrogen-bond donors (Lipinski definition) is 2. The molecule has 25 heavy (non-hydrogen) atoms. The van der Waals surface area contributed by atoms with Crippen molar-refractivity contribution in [1.82, 2.24) is 4.90 Å². The molecule has 1 heterocycles. The van der Waals surface area contributed by atoms with Crippen LogP contribution in [0.3, 0.4) is 0 Å². The summed E-state index contributed by atoms with van der Waals surface area (Å²) in [6, 6.07) is 11.3. The monoisotopic (exact) mass is 343 g/mol. The normalized spacial score (nSPS) is 17.4. The first-order valence-electron chi connectivity index (χ1n) is 8.29. The highest BCUT2D eigenvalue weighted by molar-refractivity contribution is 5.91. The smallest absolute Gasteiger partial charge is 0.411 e. The van der Waals surface area contributed by atoms with E-state index < -0.39 is 6.09 Å². The van der Waals surface area contributed by atoms with Crippen molar-refractivity contribution in [2.45, 2.75) is 6.42 Å². The number of likely N-dealkylation sites (tertiary alicyclic amines) is 1. The van der Waals surface area contributed by atoms with E-state index in [9.17, 15) is 9.18 Å². The van der Waals surface area contributed by atoms with Crippen molar-refractivity contribution in [3.63, 3.8) is 0 Å². The molecule has 0 aromatic heterocycles. The standard InChI is InChI=1S/C19H22FN3O2/c1-23-8-7-13(11-23)12-25-19(24)22-18-6-5-15(20)10-17(18)14-3-2-4-16(21)9-14/h2-6,9-10,13H,7-8,11-12,21H2,1H3,(H,22,24)/t13-/m1/s1. The van der Waals surface area contributed by atoms with Crippen LogP contribution in [-0.4, -0.2) is 37.7 Å². The number of halogens is 1. The first-order valence-corrected chi connectivity index (χ1v) is 8.29. The van der Waals surface area contributed by atoms with Crippen LogP contribution in [0.1, 0.15) is 6.42 Å². The van der Waals surface area contributed by atoms with Crippen molar-refractivity contribution in [2.24, 2.45) is 5.92 Å². The first-order chi connectivity index (χ1) is 12.0. The van der Waals surface area contributed by atoms with Crippen LogP contribution in [0.5, 0.6) is 0 Å². The largest absolute Gasteiger partial charge is 0.449 e. The van der Waals surface area contributed by atoms with Crippen LogP contribution in [0.4, 0.5) is 20.6 Å². The minimum Gasteiger partial charge on any atom is -0.449 e. The maximum atomic E-state index is 13.7. The van der Waals surface area contributed by atoms with Crippen molar-refractivity contribution in [1.29, 1.82) is 0 Å². The summed E-state index contributed by atoms with van der Waals surface area (Å²) in [6.45, 7) is 2.33. The van der Waals surface area contributed by atoms with Gasteiger partial charge in [-0.1, -0.05) is 12.1 Å². The first kappa shape index (κ1) is 17.2. The average Bonchev–Trinajstić information content (AvgIpc) is 3.00. The zero-order valence-electron chi connectivity index (χ0n) is 14.2. The van der Waals surface area contributed by atoms with E-state index in [1.54, 1.807) is 18.2 Å². The van der Waals surface area contributed by atoms with Gasteiger partial charge in [0.2, 0.25) is 0 Å². The highest BCUT2D eigenvalue weighted by Gasteiger charge is 2.21. The van der Waals surface area contributed by atoms with E-state index in [-0.39, 0.29) is 5.82 Å². The highest BCUT2D eigenvalue weighted by Crippen LogP contribution is 2.30. The van der Waals surface area contributed by atoms with Gasteiger partial charge in [-0.05, 0) is 55.9 Å². The minimum absolute atomic E-state index is 0.359. The molecule has 2 aromatic carbocycles. The van der Waals surface area contributed by atoms with Crippen LogP contribution in [0.25, 0.3) is 11.1 Å². The number of amides is 1. The number of ether oxygens (including phenoxy) is 1. The van der Waals surface area contributed by atoms with Crippen LogP contribution in [0, 0.1) is 11.7 Å². The van der Waals surface area contributed by atoms with E-state index in [0.29, 0.717) is 29.5 Å². The average molecular weight is 343 g/mol. The second-order valence-corrected chi connectivity index (χ2v) is 6.46. The molecule has 0 unspecified atom stereocenters. The van der Waals surface area contributed by atoms with Crippen molar-refractivity contribution < 1.29 is 13.9 Å². The maximum absolute atomic E-state index is 13.7. The Kier molecular flexibility index (Phi) is 5.19. The third kappa shape index (κ3) is 4.48. The number of carbonyl (C=O) groups is 1. The molecule has 1 aliphatic rings. The molecule has 3 rings (SSSR count). The van der Waals surface area contributed by atoms with E-state index in [4.69, 9.17) is 10.5 Å². The van der Waals surface area contributed by atoms with Gasteiger partial charge in [-0.15, -0.1) is 0 Å². The number of rotatable bonds is 4. The molecule has 1 aliphatic heterocycles. The summed E-state index contributed by atoms with van der Waals surface area (Å²) >= 11 is 0. The van der Waals surface area contributed by atoms with Gasteiger partial charge in [-0.25, -0.2) is 9.18 Å². The Hall–Kier alpha value is -2.60. The molecule has 1 saturated heterocycles. The third-order valence-electron chi connectivity index (χ3n) is 4.36. The molecule has 6 heteroatoms.